The quantitative estimate of drug-likeness (QED) is 0.687. The molecule has 24 heavy (non-hydrogen) atoms. The topological polar surface area (TPSA) is 55.4 Å². The fourth-order valence-electron chi connectivity index (χ4n) is 3.41. The molecule has 1 saturated heterocycles. The van der Waals surface area contributed by atoms with Crippen LogP contribution < -0.4 is 10.5 Å². The van der Waals surface area contributed by atoms with Crippen molar-refractivity contribution in [2.75, 3.05) is 18.0 Å². The summed E-state index contributed by atoms with van der Waals surface area (Å²) in [5.41, 5.74) is 0.880. The molecule has 1 aromatic carbocycles. The zero-order valence-corrected chi connectivity index (χ0v) is 15.3. The monoisotopic (exact) mass is 389 g/mol. The molecule has 0 saturated carbocycles. The third-order valence-electron chi connectivity index (χ3n) is 4.67. The van der Waals surface area contributed by atoms with Gasteiger partial charge in [0.05, 0.1) is 10.9 Å². The van der Waals surface area contributed by atoms with Gasteiger partial charge >= 0.3 is 0 Å². The molecule has 126 valence electrons. The van der Waals surface area contributed by atoms with Gasteiger partial charge in [-0.25, -0.2) is 4.40 Å². The lowest BCUT2D eigenvalue weighted by Gasteiger charge is -2.17. The van der Waals surface area contributed by atoms with Crippen molar-refractivity contribution in [2.24, 2.45) is 0 Å². The molecule has 1 aliphatic heterocycles. The van der Waals surface area contributed by atoms with E-state index in [1.54, 1.807) is 4.57 Å². The average Bonchev–Trinajstić information content (AvgIpc) is 3.24. The molecular formula is C17H20BrN5O. The molecule has 7 heteroatoms. The number of nitrogens with zero attached hydrogens (tertiary/aromatic N) is 5. The van der Waals surface area contributed by atoms with Crippen molar-refractivity contribution < 1.29 is 0 Å². The molecule has 3 heterocycles. The van der Waals surface area contributed by atoms with Crippen LogP contribution in [0.4, 0.5) is 5.95 Å². The van der Waals surface area contributed by atoms with E-state index in [9.17, 15) is 4.79 Å². The molecule has 0 radical (unpaired) electrons. The zero-order valence-electron chi connectivity index (χ0n) is 13.7. The summed E-state index contributed by atoms with van der Waals surface area (Å²) in [6.45, 7) is 4.78. The lowest BCUT2D eigenvalue weighted by molar-refractivity contribution is 0.621. The maximum absolute atomic E-state index is 13.0. The third kappa shape index (κ3) is 2.42. The molecule has 0 unspecified atom stereocenters. The molecule has 0 atom stereocenters. The predicted molar refractivity (Wildman–Crippen MR) is 98.8 cm³/mol. The standard InChI is InChI=1S/C17H20BrN5O/c1-2-3-10-22-15(24)13-11-12(18)6-7-14(13)23-16(19-20-17(22)23)21-8-4-5-9-21/h6-7,11H,2-5,8-10H2,1H3. The van der Waals surface area contributed by atoms with Crippen LogP contribution in [0.1, 0.15) is 32.6 Å². The Hall–Kier alpha value is -1.89. The Labute approximate surface area is 148 Å². The molecule has 2 aromatic heterocycles. The van der Waals surface area contributed by atoms with Crippen LogP contribution in [0.15, 0.2) is 27.5 Å². The first-order chi connectivity index (χ1) is 11.7. The second-order valence-corrected chi connectivity index (χ2v) is 7.22. The summed E-state index contributed by atoms with van der Waals surface area (Å²) < 4.78 is 4.72. The molecule has 4 rings (SSSR count). The van der Waals surface area contributed by atoms with Crippen LogP contribution in [0.25, 0.3) is 16.7 Å². The number of aromatic nitrogens is 4. The smallest absolute Gasteiger partial charge is 0.262 e. The summed E-state index contributed by atoms with van der Waals surface area (Å²) in [5, 5.41) is 9.50. The normalized spacial score (nSPS) is 15.0. The molecule has 6 nitrogen and oxygen atoms in total. The minimum Gasteiger partial charge on any atom is -0.341 e. The van der Waals surface area contributed by atoms with Crippen molar-refractivity contribution >= 4 is 38.6 Å². The Morgan fingerprint density at radius 1 is 1.21 bits per heavy atom. The van der Waals surface area contributed by atoms with Gasteiger partial charge in [0.15, 0.2) is 0 Å². The molecule has 3 aromatic rings. The number of aryl methyl sites for hydroxylation is 1. The van der Waals surface area contributed by atoms with E-state index in [1.165, 1.54) is 12.8 Å². The lowest BCUT2D eigenvalue weighted by Crippen LogP contribution is -2.25. The number of unbranched alkanes of at least 4 members (excludes halogenated alkanes) is 1. The van der Waals surface area contributed by atoms with Gasteiger partial charge in [0.2, 0.25) is 11.7 Å². The highest BCUT2D eigenvalue weighted by atomic mass is 79.9. The van der Waals surface area contributed by atoms with E-state index in [2.05, 4.69) is 38.0 Å². The largest absolute Gasteiger partial charge is 0.341 e. The summed E-state index contributed by atoms with van der Waals surface area (Å²) in [7, 11) is 0. The Morgan fingerprint density at radius 3 is 2.75 bits per heavy atom. The Bertz CT molecular complexity index is 955. The molecule has 0 amide bonds. The van der Waals surface area contributed by atoms with Gasteiger partial charge in [0.25, 0.3) is 5.56 Å². The summed E-state index contributed by atoms with van der Waals surface area (Å²) in [6.07, 6.45) is 4.32. The van der Waals surface area contributed by atoms with Gasteiger partial charge < -0.3 is 4.90 Å². The van der Waals surface area contributed by atoms with E-state index < -0.39 is 0 Å². The third-order valence-corrected chi connectivity index (χ3v) is 5.16. The van der Waals surface area contributed by atoms with Crippen LogP contribution in [-0.2, 0) is 6.54 Å². The molecule has 0 aliphatic carbocycles. The van der Waals surface area contributed by atoms with Crippen LogP contribution in [0, 0.1) is 0 Å². The molecule has 0 spiro atoms. The van der Waals surface area contributed by atoms with Crippen LogP contribution in [0.3, 0.4) is 0 Å². The minimum absolute atomic E-state index is 0.00706. The van der Waals surface area contributed by atoms with Gasteiger partial charge in [-0.2, -0.15) is 0 Å². The van der Waals surface area contributed by atoms with Crippen LogP contribution >= 0.6 is 15.9 Å². The summed E-state index contributed by atoms with van der Waals surface area (Å²) >= 11 is 3.48. The number of fused-ring (bicyclic) bond motifs is 3. The number of benzene rings is 1. The maximum atomic E-state index is 13.0. The highest BCUT2D eigenvalue weighted by Gasteiger charge is 2.22. The number of hydrogen-bond donors (Lipinski definition) is 0. The number of rotatable bonds is 4. The fraction of sp³-hybridized carbons (Fsp3) is 0.471. The second-order valence-electron chi connectivity index (χ2n) is 6.30. The van der Waals surface area contributed by atoms with Crippen LogP contribution in [0.5, 0.6) is 0 Å². The van der Waals surface area contributed by atoms with Crippen molar-refractivity contribution in [3.05, 3.63) is 33.0 Å². The van der Waals surface area contributed by atoms with Gasteiger partial charge in [0.1, 0.15) is 0 Å². The first kappa shape index (κ1) is 15.6. The molecular weight excluding hydrogens is 370 g/mol. The average molecular weight is 390 g/mol. The maximum Gasteiger partial charge on any atom is 0.262 e. The van der Waals surface area contributed by atoms with E-state index in [4.69, 9.17) is 0 Å². The lowest BCUT2D eigenvalue weighted by atomic mass is 10.2. The fourth-order valence-corrected chi connectivity index (χ4v) is 3.77. The first-order valence-electron chi connectivity index (χ1n) is 8.53. The van der Waals surface area contributed by atoms with Crippen LogP contribution in [0.2, 0.25) is 0 Å². The summed E-state index contributed by atoms with van der Waals surface area (Å²) in [4.78, 5) is 15.2. The van der Waals surface area contributed by atoms with Crippen molar-refractivity contribution in [3.8, 4) is 0 Å². The predicted octanol–water partition coefficient (Wildman–Crippen LogP) is 3.21. The van der Waals surface area contributed by atoms with E-state index in [0.29, 0.717) is 17.7 Å². The van der Waals surface area contributed by atoms with Gasteiger partial charge in [-0.15, -0.1) is 10.2 Å². The van der Waals surface area contributed by atoms with E-state index in [1.807, 2.05) is 22.6 Å². The van der Waals surface area contributed by atoms with Gasteiger partial charge in [0, 0.05) is 24.1 Å². The van der Waals surface area contributed by atoms with Crippen molar-refractivity contribution in [1.82, 2.24) is 19.2 Å². The number of hydrogen-bond acceptors (Lipinski definition) is 4. The van der Waals surface area contributed by atoms with Crippen molar-refractivity contribution in [3.63, 3.8) is 0 Å². The number of anilines is 1. The van der Waals surface area contributed by atoms with Crippen LogP contribution in [-0.4, -0.2) is 32.3 Å². The van der Waals surface area contributed by atoms with E-state index >= 15 is 0 Å². The van der Waals surface area contributed by atoms with E-state index in [-0.39, 0.29) is 5.56 Å². The highest BCUT2D eigenvalue weighted by Crippen LogP contribution is 2.24. The van der Waals surface area contributed by atoms with Gasteiger partial charge in [-0.05, 0) is 37.5 Å². The SMILES string of the molecule is CCCCn1c(=O)c2cc(Br)ccc2n2c(N3CCCC3)nnc12. The number of halogens is 1. The van der Waals surface area contributed by atoms with Gasteiger partial charge in [-0.3, -0.25) is 9.36 Å². The molecule has 1 aliphatic rings. The Balaban J connectivity index is 2.06. The van der Waals surface area contributed by atoms with E-state index in [0.717, 1.165) is 41.9 Å². The van der Waals surface area contributed by atoms with Crippen molar-refractivity contribution in [1.29, 1.82) is 0 Å². The van der Waals surface area contributed by atoms with Crippen molar-refractivity contribution in [2.45, 2.75) is 39.2 Å². The summed E-state index contributed by atoms with van der Waals surface area (Å²) in [6, 6.07) is 5.83. The molecule has 0 bridgehead atoms. The first-order valence-corrected chi connectivity index (χ1v) is 9.32. The second kappa shape index (κ2) is 6.20. The highest BCUT2D eigenvalue weighted by molar-refractivity contribution is 9.10. The Kier molecular flexibility index (Phi) is 4.04. The minimum atomic E-state index is 0.00706. The zero-order chi connectivity index (χ0) is 16.7. The summed E-state index contributed by atoms with van der Waals surface area (Å²) in [5.74, 6) is 1.49. The molecule has 1 fully saturated rings. The van der Waals surface area contributed by atoms with Gasteiger partial charge in [-0.1, -0.05) is 29.3 Å². The Morgan fingerprint density at radius 2 is 2.00 bits per heavy atom. The molecule has 0 N–H and O–H groups in total.